The van der Waals surface area contributed by atoms with Gasteiger partial charge in [0.2, 0.25) is 6.79 Å². The van der Waals surface area contributed by atoms with Crippen molar-refractivity contribution in [2.24, 2.45) is 0 Å². The fraction of sp³-hybridized carbons (Fsp3) is 0.211. The average Bonchev–Trinajstić information content (AvgIpc) is 3.35. The highest BCUT2D eigenvalue weighted by atomic mass is 32.2. The van der Waals surface area contributed by atoms with Crippen LogP contribution in [0, 0.1) is 0 Å². The molecule has 26 heavy (non-hydrogen) atoms. The van der Waals surface area contributed by atoms with Crippen LogP contribution in [0.5, 0.6) is 11.5 Å². The van der Waals surface area contributed by atoms with Gasteiger partial charge in [-0.3, -0.25) is 9.69 Å². The zero-order chi connectivity index (χ0) is 17.5. The summed E-state index contributed by atoms with van der Waals surface area (Å²) < 4.78 is 10.7. The molecule has 3 heterocycles. The summed E-state index contributed by atoms with van der Waals surface area (Å²) in [6.45, 7) is 0.246. The lowest BCUT2D eigenvalue weighted by molar-refractivity contribution is -0.127. The Morgan fingerprint density at radius 1 is 1.12 bits per heavy atom. The van der Waals surface area contributed by atoms with Crippen molar-refractivity contribution in [3.05, 3.63) is 64.6 Å². The Balaban J connectivity index is 1.36. The summed E-state index contributed by atoms with van der Waals surface area (Å²) in [7, 11) is 0. The van der Waals surface area contributed by atoms with Crippen LogP contribution >= 0.6 is 11.8 Å². The van der Waals surface area contributed by atoms with Gasteiger partial charge in [0, 0.05) is 6.42 Å². The van der Waals surface area contributed by atoms with Gasteiger partial charge in [-0.2, -0.15) is 0 Å². The molecule has 0 bridgehead atoms. The van der Waals surface area contributed by atoms with Crippen LogP contribution in [0.4, 0.5) is 0 Å². The molecule has 2 fully saturated rings. The summed E-state index contributed by atoms with van der Waals surface area (Å²) in [6.07, 6.45) is 2.60. The van der Waals surface area contributed by atoms with E-state index < -0.39 is 0 Å². The zero-order valence-electron chi connectivity index (χ0n) is 13.8. The van der Waals surface area contributed by atoms with Gasteiger partial charge in [0.1, 0.15) is 11.7 Å². The fourth-order valence-corrected chi connectivity index (χ4v) is 4.47. The average molecular weight is 367 g/mol. The van der Waals surface area contributed by atoms with E-state index in [2.05, 4.69) is 23.0 Å². The maximum Gasteiger partial charge on any atom is 0.263 e. The van der Waals surface area contributed by atoms with Crippen LogP contribution in [0.25, 0.3) is 6.08 Å². The minimum absolute atomic E-state index is 0.0381. The van der Waals surface area contributed by atoms with Crippen molar-refractivity contribution in [2.45, 2.75) is 18.1 Å². The molecule has 2 aromatic carbocycles. The number of hydrazine groups is 1. The lowest BCUT2D eigenvalue weighted by Crippen LogP contribution is -2.41. The molecule has 0 spiro atoms. The van der Waals surface area contributed by atoms with Crippen LogP contribution < -0.4 is 20.3 Å². The summed E-state index contributed by atoms with van der Waals surface area (Å²) in [5, 5.41) is 0. The van der Waals surface area contributed by atoms with Crippen molar-refractivity contribution in [2.75, 3.05) is 6.79 Å². The third-order valence-electron chi connectivity index (χ3n) is 4.61. The van der Waals surface area contributed by atoms with Gasteiger partial charge in [-0.05, 0) is 29.3 Å². The number of amides is 1. The maximum absolute atomic E-state index is 12.9. The molecule has 2 atom stereocenters. The third-order valence-corrected chi connectivity index (χ3v) is 5.73. The molecule has 132 valence electrons. The number of ether oxygens (including phenoxy) is 2. The van der Waals surface area contributed by atoms with E-state index >= 15 is 0 Å². The van der Waals surface area contributed by atoms with E-state index in [1.807, 2.05) is 47.4 Å². The first-order valence-electron chi connectivity index (χ1n) is 8.43. The van der Waals surface area contributed by atoms with Gasteiger partial charge in [0.05, 0.1) is 4.91 Å². The first-order valence-corrected chi connectivity index (χ1v) is 9.31. The summed E-state index contributed by atoms with van der Waals surface area (Å²) in [6, 6.07) is 15.9. The highest BCUT2D eigenvalue weighted by Crippen LogP contribution is 2.39. The first kappa shape index (κ1) is 15.7. The topological polar surface area (TPSA) is 62.8 Å². The van der Waals surface area contributed by atoms with Crippen molar-refractivity contribution in [1.82, 2.24) is 15.8 Å². The zero-order valence-corrected chi connectivity index (χ0v) is 14.7. The summed E-state index contributed by atoms with van der Waals surface area (Å²) in [5.41, 5.74) is 8.47. The van der Waals surface area contributed by atoms with Crippen molar-refractivity contribution in [1.29, 1.82) is 0 Å². The Labute approximate surface area is 155 Å². The second-order valence-electron chi connectivity index (χ2n) is 6.30. The van der Waals surface area contributed by atoms with Crippen molar-refractivity contribution < 1.29 is 14.3 Å². The molecule has 5 rings (SSSR count). The third kappa shape index (κ3) is 2.74. The Kier molecular flexibility index (Phi) is 3.85. The largest absolute Gasteiger partial charge is 0.454 e. The van der Waals surface area contributed by atoms with Crippen LogP contribution in [-0.2, 0) is 11.2 Å². The molecule has 6 nitrogen and oxygen atoms in total. The molecular formula is C19H17N3O3S. The molecular weight excluding hydrogens is 350 g/mol. The van der Waals surface area contributed by atoms with Crippen LogP contribution in [0.15, 0.2) is 53.4 Å². The quantitative estimate of drug-likeness (QED) is 0.812. The number of rotatable bonds is 3. The summed E-state index contributed by atoms with van der Waals surface area (Å²) in [5.74, 6) is 1.50. The van der Waals surface area contributed by atoms with E-state index in [1.54, 1.807) is 0 Å². The Morgan fingerprint density at radius 3 is 2.85 bits per heavy atom. The number of carbonyl (C=O) groups is 1. The molecule has 3 aliphatic rings. The molecule has 0 saturated carbocycles. The number of nitrogens with zero attached hydrogens (tertiary/aromatic N) is 1. The molecule has 0 radical (unpaired) electrons. The predicted octanol–water partition coefficient (Wildman–Crippen LogP) is 2.29. The smallest absolute Gasteiger partial charge is 0.263 e. The van der Waals surface area contributed by atoms with E-state index in [0.29, 0.717) is 0 Å². The number of benzene rings is 2. The SMILES string of the molecule is O=C1C(=Cc2ccc3c(c2)OCO3)SC2NNC(Cc3ccccc3)N12. The van der Waals surface area contributed by atoms with Crippen LogP contribution in [0.3, 0.4) is 0 Å². The lowest BCUT2D eigenvalue weighted by Gasteiger charge is -2.21. The van der Waals surface area contributed by atoms with Gasteiger partial charge in [-0.1, -0.05) is 48.2 Å². The standard InChI is InChI=1S/C19H17N3O3S/c23-18-16(9-13-6-7-14-15(8-13)25-11-24-14)26-19-21-20-17(22(18)19)10-12-4-2-1-3-5-12/h1-9,17,19-21H,10-11H2. The Morgan fingerprint density at radius 2 is 1.96 bits per heavy atom. The monoisotopic (exact) mass is 367 g/mol. The van der Waals surface area contributed by atoms with Crippen molar-refractivity contribution >= 4 is 23.7 Å². The lowest BCUT2D eigenvalue weighted by atomic mass is 10.1. The van der Waals surface area contributed by atoms with Crippen LogP contribution in [-0.4, -0.2) is 29.3 Å². The number of hydrogen-bond acceptors (Lipinski definition) is 6. The molecule has 1 amide bonds. The molecule has 2 aromatic rings. The molecule has 2 saturated heterocycles. The molecule has 3 aliphatic heterocycles. The molecule has 7 heteroatoms. The number of carbonyl (C=O) groups excluding carboxylic acids is 1. The van der Waals surface area contributed by atoms with Crippen LogP contribution in [0.1, 0.15) is 11.1 Å². The summed E-state index contributed by atoms with van der Waals surface area (Å²) in [4.78, 5) is 15.5. The summed E-state index contributed by atoms with van der Waals surface area (Å²) >= 11 is 1.52. The van der Waals surface area contributed by atoms with E-state index in [0.717, 1.165) is 28.4 Å². The van der Waals surface area contributed by atoms with Crippen LogP contribution in [0.2, 0.25) is 0 Å². The van der Waals surface area contributed by atoms with Gasteiger partial charge in [0.15, 0.2) is 11.5 Å². The van der Waals surface area contributed by atoms with Gasteiger partial charge in [0.25, 0.3) is 5.91 Å². The maximum atomic E-state index is 12.9. The molecule has 2 unspecified atom stereocenters. The normalized spacial score (nSPS) is 25.2. The minimum atomic E-state index is -0.0866. The molecule has 2 N–H and O–H groups in total. The minimum Gasteiger partial charge on any atom is -0.454 e. The van der Waals surface area contributed by atoms with Crippen molar-refractivity contribution in [3.8, 4) is 11.5 Å². The fourth-order valence-electron chi connectivity index (χ4n) is 3.34. The van der Waals surface area contributed by atoms with E-state index in [1.165, 1.54) is 17.3 Å². The number of thioether (sulfide) groups is 1. The van der Waals surface area contributed by atoms with Crippen molar-refractivity contribution in [3.63, 3.8) is 0 Å². The first-order chi connectivity index (χ1) is 12.8. The number of hydrogen-bond donors (Lipinski definition) is 2. The predicted molar refractivity (Wildman–Crippen MR) is 99.0 cm³/mol. The number of nitrogens with one attached hydrogen (secondary N) is 2. The van der Waals surface area contributed by atoms with E-state index in [9.17, 15) is 4.79 Å². The number of fused-ring (bicyclic) bond motifs is 2. The second kappa shape index (κ2) is 6.35. The van der Waals surface area contributed by atoms with Gasteiger partial charge < -0.3 is 9.47 Å². The van der Waals surface area contributed by atoms with Gasteiger partial charge in [-0.15, -0.1) is 0 Å². The van der Waals surface area contributed by atoms with Gasteiger partial charge in [-0.25, -0.2) is 10.9 Å². The Hall–Kier alpha value is -2.48. The highest BCUT2D eigenvalue weighted by molar-refractivity contribution is 8.05. The highest BCUT2D eigenvalue weighted by Gasteiger charge is 2.44. The Bertz CT molecular complexity index is 887. The van der Waals surface area contributed by atoms with E-state index in [4.69, 9.17) is 9.47 Å². The van der Waals surface area contributed by atoms with Gasteiger partial charge >= 0.3 is 0 Å². The molecule has 0 aliphatic carbocycles. The second-order valence-corrected chi connectivity index (χ2v) is 7.42. The molecule has 0 aromatic heterocycles. The van der Waals surface area contributed by atoms with E-state index in [-0.39, 0.29) is 24.4 Å².